The minimum Gasteiger partial charge on any atom is -0.325 e. The standard InChI is InChI=1S/C23H20N6OS/c1-15-7-9-17(10-8-15)19-13-20-22-25-26-23(28(22)11-12-29(20)27-19)31-14-21(30)24-18-6-4-3-5-16(18)2/h3-13H,14H2,1-2H3,(H,24,30). The molecular formula is C23H20N6OS. The second-order valence-electron chi connectivity index (χ2n) is 7.35. The third-order valence-electron chi connectivity index (χ3n) is 5.09. The van der Waals surface area contributed by atoms with Crippen molar-refractivity contribution in [1.82, 2.24) is 24.2 Å². The fraction of sp³-hybridized carbons (Fsp3) is 0.130. The highest BCUT2D eigenvalue weighted by atomic mass is 32.2. The number of benzene rings is 2. The molecule has 3 aromatic heterocycles. The first-order valence-electron chi connectivity index (χ1n) is 9.87. The van der Waals surface area contributed by atoms with Gasteiger partial charge in [0.05, 0.1) is 11.4 Å². The Morgan fingerprint density at radius 1 is 1.03 bits per heavy atom. The molecule has 1 N–H and O–H groups in total. The molecule has 0 aliphatic carbocycles. The molecule has 2 aromatic carbocycles. The highest BCUT2D eigenvalue weighted by Gasteiger charge is 2.14. The molecule has 0 aliphatic rings. The Bertz CT molecular complexity index is 1400. The van der Waals surface area contributed by atoms with Crippen molar-refractivity contribution >= 4 is 34.5 Å². The summed E-state index contributed by atoms with van der Waals surface area (Å²) in [6.45, 7) is 4.03. The highest BCUT2D eigenvalue weighted by molar-refractivity contribution is 7.99. The number of amides is 1. The van der Waals surface area contributed by atoms with Crippen LogP contribution < -0.4 is 5.32 Å². The summed E-state index contributed by atoms with van der Waals surface area (Å²) in [6.07, 6.45) is 3.75. The van der Waals surface area contributed by atoms with E-state index < -0.39 is 0 Å². The van der Waals surface area contributed by atoms with Gasteiger partial charge in [-0.3, -0.25) is 9.20 Å². The van der Waals surface area contributed by atoms with Crippen molar-refractivity contribution in [3.8, 4) is 11.3 Å². The molecule has 31 heavy (non-hydrogen) atoms. The normalized spacial score (nSPS) is 11.3. The molecule has 1 amide bonds. The lowest BCUT2D eigenvalue weighted by Crippen LogP contribution is -2.15. The van der Waals surface area contributed by atoms with Crippen molar-refractivity contribution in [2.24, 2.45) is 0 Å². The average Bonchev–Trinajstić information content (AvgIpc) is 3.38. The minimum atomic E-state index is -0.0804. The number of carbonyl (C=O) groups is 1. The maximum atomic E-state index is 12.4. The monoisotopic (exact) mass is 428 g/mol. The number of rotatable bonds is 5. The number of thioether (sulfide) groups is 1. The number of nitrogens with zero attached hydrogens (tertiary/aromatic N) is 5. The Kier molecular flexibility index (Phi) is 4.91. The predicted molar refractivity (Wildman–Crippen MR) is 122 cm³/mol. The molecule has 0 radical (unpaired) electrons. The maximum absolute atomic E-state index is 12.4. The molecule has 5 aromatic rings. The summed E-state index contributed by atoms with van der Waals surface area (Å²) >= 11 is 1.35. The molecule has 5 rings (SSSR count). The Balaban J connectivity index is 1.38. The summed E-state index contributed by atoms with van der Waals surface area (Å²) in [5.74, 6) is 0.164. The Morgan fingerprint density at radius 2 is 1.84 bits per heavy atom. The fourth-order valence-electron chi connectivity index (χ4n) is 3.38. The van der Waals surface area contributed by atoms with E-state index in [2.05, 4.69) is 51.8 Å². The van der Waals surface area contributed by atoms with E-state index in [0.717, 1.165) is 28.0 Å². The predicted octanol–water partition coefficient (Wildman–Crippen LogP) is 4.39. The molecule has 154 valence electrons. The lowest BCUT2D eigenvalue weighted by molar-refractivity contribution is -0.113. The van der Waals surface area contributed by atoms with Crippen LogP contribution in [0.5, 0.6) is 0 Å². The minimum absolute atomic E-state index is 0.0804. The SMILES string of the molecule is Cc1ccc(-c2cc3c4nnc(SCC(=O)Nc5ccccc5C)n4ccn3n2)cc1. The van der Waals surface area contributed by atoms with Crippen LogP contribution in [0.4, 0.5) is 5.69 Å². The van der Waals surface area contributed by atoms with Crippen LogP contribution in [0.3, 0.4) is 0 Å². The van der Waals surface area contributed by atoms with Gasteiger partial charge in [0.1, 0.15) is 5.52 Å². The first-order valence-corrected chi connectivity index (χ1v) is 10.9. The maximum Gasteiger partial charge on any atom is 0.234 e. The van der Waals surface area contributed by atoms with Crippen molar-refractivity contribution in [3.05, 3.63) is 78.1 Å². The van der Waals surface area contributed by atoms with E-state index in [9.17, 15) is 4.79 Å². The van der Waals surface area contributed by atoms with Crippen LogP contribution in [-0.4, -0.2) is 35.9 Å². The van der Waals surface area contributed by atoms with Crippen molar-refractivity contribution in [2.45, 2.75) is 19.0 Å². The number of anilines is 1. The van der Waals surface area contributed by atoms with Gasteiger partial charge >= 0.3 is 0 Å². The van der Waals surface area contributed by atoms with Gasteiger partial charge < -0.3 is 5.32 Å². The zero-order valence-corrected chi connectivity index (χ0v) is 17.9. The van der Waals surface area contributed by atoms with Gasteiger partial charge in [-0.1, -0.05) is 59.8 Å². The Labute approximate surface area is 183 Å². The summed E-state index contributed by atoms with van der Waals surface area (Å²) in [5, 5.41) is 16.9. The summed E-state index contributed by atoms with van der Waals surface area (Å²) in [5.41, 5.74) is 6.56. The van der Waals surface area contributed by atoms with E-state index in [1.165, 1.54) is 17.3 Å². The number of nitrogens with one attached hydrogen (secondary N) is 1. The van der Waals surface area contributed by atoms with E-state index in [1.54, 1.807) is 4.52 Å². The van der Waals surface area contributed by atoms with Crippen molar-refractivity contribution in [2.75, 3.05) is 11.1 Å². The second kappa shape index (κ2) is 7.88. The highest BCUT2D eigenvalue weighted by Crippen LogP contribution is 2.24. The Morgan fingerprint density at radius 3 is 2.65 bits per heavy atom. The molecule has 0 fully saturated rings. The van der Waals surface area contributed by atoms with E-state index in [-0.39, 0.29) is 11.7 Å². The summed E-state index contributed by atoms with van der Waals surface area (Å²) < 4.78 is 3.69. The molecule has 3 heterocycles. The molecule has 0 bridgehead atoms. The van der Waals surface area contributed by atoms with Gasteiger partial charge in [-0.05, 0) is 31.5 Å². The van der Waals surface area contributed by atoms with Gasteiger partial charge in [-0.2, -0.15) is 5.10 Å². The van der Waals surface area contributed by atoms with Gasteiger partial charge in [0.25, 0.3) is 0 Å². The van der Waals surface area contributed by atoms with Crippen LogP contribution in [0.1, 0.15) is 11.1 Å². The zero-order valence-electron chi connectivity index (χ0n) is 17.1. The number of aryl methyl sites for hydroxylation is 2. The molecule has 0 aliphatic heterocycles. The summed E-state index contributed by atoms with van der Waals surface area (Å²) in [7, 11) is 0. The van der Waals surface area contributed by atoms with E-state index in [0.29, 0.717) is 10.8 Å². The lowest BCUT2D eigenvalue weighted by Gasteiger charge is -2.07. The quantitative estimate of drug-likeness (QED) is 0.420. The lowest BCUT2D eigenvalue weighted by atomic mass is 10.1. The number of hydrogen-bond donors (Lipinski definition) is 1. The molecule has 7 nitrogen and oxygen atoms in total. The van der Waals surface area contributed by atoms with E-state index in [1.807, 2.05) is 54.0 Å². The first kappa shape index (κ1) is 19.3. The van der Waals surface area contributed by atoms with Crippen LogP contribution in [0.2, 0.25) is 0 Å². The average molecular weight is 429 g/mol. The number of hydrogen-bond acceptors (Lipinski definition) is 5. The number of para-hydroxylation sites is 1. The fourth-order valence-corrected chi connectivity index (χ4v) is 4.10. The smallest absolute Gasteiger partial charge is 0.234 e. The van der Waals surface area contributed by atoms with E-state index >= 15 is 0 Å². The topological polar surface area (TPSA) is 76.6 Å². The van der Waals surface area contributed by atoms with Gasteiger partial charge in [-0.25, -0.2) is 4.52 Å². The molecular weight excluding hydrogens is 408 g/mol. The van der Waals surface area contributed by atoms with Crippen LogP contribution >= 0.6 is 11.8 Å². The van der Waals surface area contributed by atoms with Gasteiger partial charge in [0.2, 0.25) is 5.91 Å². The van der Waals surface area contributed by atoms with Crippen LogP contribution in [0.15, 0.2) is 72.1 Å². The first-order chi connectivity index (χ1) is 15.1. The summed E-state index contributed by atoms with van der Waals surface area (Å²) in [4.78, 5) is 12.4. The van der Waals surface area contributed by atoms with Crippen LogP contribution in [-0.2, 0) is 4.79 Å². The molecule has 0 spiro atoms. The molecule has 0 saturated carbocycles. The number of carbonyl (C=O) groups excluding carboxylic acids is 1. The molecule has 0 atom stereocenters. The number of fused-ring (bicyclic) bond motifs is 3. The largest absolute Gasteiger partial charge is 0.325 e. The second-order valence-corrected chi connectivity index (χ2v) is 8.29. The van der Waals surface area contributed by atoms with Crippen molar-refractivity contribution in [1.29, 1.82) is 0 Å². The Hall–Kier alpha value is -3.65. The van der Waals surface area contributed by atoms with Crippen molar-refractivity contribution in [3.63, 3.8) is 0 Å². The van der Waals surface area contributed by atoms with Crippen molar-refractivity contribution < 1.29 is 4.79 Å². The zero-order chi connectivity index (χ0) is 21.4. The third-order valence-corrected chi connectivity index (χ3v) is 6.03. The van der Waals surface area contributed by atoms with Gasteiger partial charge in [0, 0.05) is 23.6 Å². The van der Waals surface area contributed by atoms with Gasteiger partial charge in [-0.15, -0.1) is 10.2 Å². The molecule has 0 saturated heterocycles. The van der Waals surface area contributed by atoms with E-state index in [4.69, 9.17) is 0 Å². The number of aromatic nitrogens is 5. The molecule has 8 heteroatoms. The molecule has 0 unspecified atom stereocenters. The third kappa shape index (κ3) is 3.77. The van der Waals surface area contributed by atoms with Gasteiger partial charge in [0.15, 0.2) is 10.8 Å². The summed E-state index contributed by atoms with van der Waals surface area (Å²) in [6, 6.07) is 18.0. The van der Waals surface area contributed by atoms with Crippen LogP contribution in [0, 0.1) is 13.8 Å². The van der Waals surface area contributed by atoms with Crippen LogP contribution in [0.25, 0.3) is 22.4 Å².